The highest BCUT2D eigenvalue weighted by molar-refractivity contribution is 7.92. The van der Waals surface area contributed by atoms with E-state index < -0.39 is 15.6 Å². The number of nitrogens with two attached hydrogens (primary N) is 1. The molecule has 32 heavy (non-hydrogen) atoms. The second-order valence-corrected chi connectivity index (χ2v) is 10.5. The molecule has 1 aromatic heterocycles. The van der Waals surface area contributed by atoms with Crippen molar-refractivity contribution in [3.05, 3.63) is 82.8 Å². The van der Waals surface area contributed by atoms with E-state index in [9.17, 15) is 18.2 Å². The van der Waals surface area contributed by atoms with Gasteiger partial charge in [-0.05, 0) is 35.7 Å². The normalized spacial score (nSPS) is 11.2. The topological polar surface area (TPSA) is 102 Å². The van der Waals surface area contributed by atoms with Crippen LogP contribution in [0.15, 0.2) is 59.1 Å². The molecule has 0 atom stereocenters. The number of carbonyl (C=O) groups is 2. The molecule has 2 aromatic carbocycles. The predicted octanol–water partition coefficient (Wildman–Crippen LogP) is 4.00. The Labute approximate surface area is 186 Å². The lowest BCUT2D eigenvalue weighted by Crippen LogP contribution is -2.08. The molecule has 0 unspecified atom stereocenters. The van der Waals surface area contributed by atoms with Crippen molar-refractivity contribution >= 4 is 27.2 Å². The number of nitrogens with zero attached hydrogens (tertiary/aromatic N) is 2. The summed E-state index contributed by atoms with van der Waals surface area (Å²) in [5.41, 5.74) is 9.47. The van der Waals surface area contributed by atoms with Crippen molar-refractivity contribution in [3.63, 3.8) is 0 Å². The summed E-state index contributed by atoms with van der Waals surface area (Å²) in [6.45, 7) is 1.85. The van der Waals surface area contributed by atoms with Gasteiger partial charge in [-0.15, -0.1) is 0 Å². The summed E-state index contributed by atoms with van der Waals surface area (Å²) >= 11 is 0. The molecule has 0 fully saturated rings. The fraction of sp³-hybridized carbons (Fsp3) is 0.208. The largest absolute Gasteiger partial charge is 0.383 e. The van der Waals surface area contributed by atoms with Gasteiger partial charge < -0.3 is 5.73 Å². The highest BCUT2D eigenvalue weighted by Gasteiger charge is 2.13. The molecular formula is C24H24FN3O3S. The van der Waals surface area contributed by atoms with Gasteiger partial charge in [0.1, 0.15) is 17.4 Å². The molecule has 0 saturated carbocycles. The van der Waals surface area contributed by atoms with Crippen molar-refractivity contribution in [3.8, 4) is 11.1 Å². The first-order chi connectivity index (χ1) is 15.0. The fourth-order valence-corrected chi connectivity index (χ4v) is 3.72. The van der Waals surface area contributed by atoms with Gasteiger partial charge in [-0.1, -0.05) is 42.0 Å². The quantitative estimate of drug-likeness (QED) is 0.608. The zero-order valence-electron chi connectivity index (χ0n) is 18.1. The van der Waals surface area contributed by atoms with E-state index in [-0.39, 0.29) is 35.8 Å². The molecule has 8 heteroatoms. The lowest BCUT2D eigenvalue weighted by Gasteiger charge is -2.09. The number of aryl methyl sites for hydroxylation is 1. The molecule has 0 aliphatic carbocycles. The third kappa shape index (κ3) is 6.07. The van der Waals surface area contributed by atoms with Gasteiger partial charge in [0.15, 0.2) is 0 Å². The van der Waals surface area contributed by atoms with Crippen molar-refractivity contribution in [2.24, 2.45) is 4.36 Å². The lowest BCUT2D eigenvalue weighted by molar-refractivity contribution is -0.117. The van der Waals surface area contributed by atoms with E-state index >= 15 is 0 Å². The number of rotatable bonds is 6. The minimum Gasteiger partial charge on any atom is -0.383 e. The smallest absolute Gasteiger partial charge is 0.286 e. The number of hydrogen-bond acceptors (Lipinski definition) is 5. The van der Waals surface area contributed by atoms with Crippen LogP contribution in [0.25, 0.3) is 11.1 Å². The number of aromatic nitrogens is 1. The van der Waals surface area contributed by atoms with E-state index in [0.29, 0.717) is 16.7 Å². The molecule has 2 N–H and O–H groups in total. The van der Waals surface area contributed by atoms with Gasteiger partial charge in [-0.2, -0.15) is 4.36 Å². The second-order valence-electron chi connectivity index (χ2n) is 7.92. The van der Waals surface area contributed by atoms with Crippen LogP contribution in [-0.2, 0) is 27.4 Å². The van der Waals surface area contributed by atoms with Gasteiger partial charge in [0, 0.05) is 46.8 Å². The molecule has 0 aliphatic rings. The Bertz CT molecular complexity index is 1300. The Morgan fingerprint density at radius 1 is 1.06 bits per heavy atom. The summed E-state index contributed by atoms with van der Waals surface area (Å²) < 4.78 is 29.4. The number of nitrogen functional groups attached to an aromatic ring is 1. The van der Waals surface area contributed by atoms with Crippen LogP contribution >= 0.6 is 0 Å². The van der Waals surface area contributed by atoms with Crippen molar-refractivity contribution in [1.82, 2.24) is 4.98 Å². The first kappa shape index (κ1) is 23.3. The molecule has 166 valence electrons. The van der Waals surface area contributed by atoms with Crippen LogP contribution < -0.4 is 5.73 Å². The number of benzene rings is 2. The summed E-state index contributed by atoms with van der Waals surface area (Å²) in [4.78, 5) is 28.7. The van der Waals surface area contributed by atoms with Gasteiger partial charge in [0.05, 0.1) is 5.56 Å². The van der Waals surface area contributed by atoms with E-state index in [1.54, 1.807) is 42.5 Å². The van der Waals surface area contributed by atoms with Crippen LogP contribution in [0.2, 0.25) is 0 Å². The number of anilines is 1. The van der Waals surface area contributed by atoms with Crippen LogP contribution in [0.1, 0.15) is 27.0 Å². The molecule has 0 bridgehead atoms. The molecule has 0 spiro atoms. The summed E-state index contributed by atoms with van der Waals surface area (Å²) in [5, 5.41) is 0. The van der Waals surface area contributed by atoms with E-state index in [0.717, 1.165) is 11.1 Å². The summed E-state index contributed by atoms with van der Waals surface area (Å²) in [7, 11) is -2.59. The third-order valence-corrected chi connectivity index (χ3v) is 5.33. The van der Waals surface area contributed by atoms with E-state index in [1.165, 1.54) is 24.8 Å². The van der Waals surface area contributed by atoms with Crippen LogP contribution in [0, 0.1) is 12.7 Å². The predicted molar refractivity (Wildman–Crippen MR) is 124 cm³/mol. The number of pyridine rings is 1. The standard InChI is InChI=1S/C24H24FN3O3S/c1-15-4-9-22(25)18(10-15)12-20(29)11-16-5-7-17(8-6-16)21-13-19(14-27-23(21)26)24(30)28-32(2,3)31/h4-10,13-14H,11-12H2,1-3H3,(H2,26,27). The van der Waals surface area contributed by atoms with E-state index in [4.69, 9.17) is 5.73 Å². The van der Waals surface area contributed by atoms with Crippen LogP contribution in [0.4, 0.5) is 10.2 Å². The molecule has 0 saturated heterocycles. The molecule has 0 aliphatic heterocycles. The van der Waals surface area contributed by atoms with Crippen molar-refractivity contribution in [2.75, 3.05) is 18.2 Å². The molecule has 3 aromatic rings. The highest BCUT2D eigenvalue weighted by Crippen LogP contribution is 2.26. The fourth-order valence-electron chi connectivity index (χ4n) is 3.22. The number of carbonyl (C=O) groups excluding carboxylic acids is 2. The number of ketones is 1. The SMILES string of the molecule is Cc1ccc(F)c(CC(=O)Cc2ccc(-c3cc(C(=O)N=S(C)(C)=O)cnc3N)cc2)c1. The molecule has 1 heterocycles. The number of amides is 1. The van der Waals surface area contributed by atoms with E-state index in [2.05, 4.69) is 9.35 Å². The Kier molecular flexibility index (Phi) is 6.84. The van der Waals surface area contributed by atoms with Crippen LogP contribution in [-0.4, -0.2) is 33.4 Å². The van der Waals surface area contributed by atoms with Gasteiger partial charge in [-0.3, -0.25) is 9.59 Å². The van der Waals surface area contributed by atoms with Gasteiger partial charge >= 0.3 is 0 Å². The average molecular weight is 454 g/mol. The molecule has 3 rings (SSSR count). The Morgan fingerprint density at radius 3 is 2.41 bits per heavy atom. The molecule has 1 amide bonds. The first-order valence-corrected chi connectivity index (χ1v) is 12.2. The lowest BCUT2D eigenvalue weighted by atomic mass is 9.98. The minimum absolute atomic E-state index is 0.0256. The zero-order valence-corrected chi connectivity index (χ0v) is 18.9. The molecule has 6 nitrogen and oxygen atoms in total. The molecular weight excluding hydrogens is 429 g/mol. The van der Waals surface area contributed by atoms with Gasteiger partial charge in [0.2, 0.25) is 0 Å². The maximum atomic E-state index is 13.9. The Hall–Kier alpha value is -3.39. The third-order valence-electron chi connectivity index (χ3n) is 4.72. The van der Waals surface area contributed by atoms with Crippen LogP contribution in [0.3, 0.4) is 0 Å². The molecule has 0 radical (unpaired) electrons. The summed E-state index contributed by atoms with van der Waals surface area (Å²) in [5.74, 6) is -0.876. The minimum atomic E-state index is -2.59. The van der Waals surface area contributed by atoms with Crippen molar-refractivity contribution in [2.45, 2.75) is 19.8 Å². The van der Waals surface area contributed by atoms with Crippen molar-refractivity contribution in [1.29, 1.82) is 0 Å². The number of Topliss-reactive ketones (excluding diaryl/α,β-unsaturated/α-hetero) is 1. The first-order valence-electron chi connectivity index (χ1n) is 9.85. The average Bonchev–Trinajstić information content (AvgIpc) is 2.70. The second kappa shape index (κ2) is 9.40. The van der Waals surface area contributed by atoms with Gasteiger partial charge in [0.25, 0.3) is 5.91 Å². The van der Waals surface area contributed by atoms with Crippen LogP contribution in [0.5, 0.6) is 0 Å². The Balaban J connectivity index is 1.77. The Morgan fingerprint density at radius 2 is 1.75 bits per heavy atom. The summed E-state index contributed by atoms with van der Waals surface area (Å²) in [6, 6.07) is 13.4. The van der Waals surface area contributed by atoms with Crippen molar-refractivity contribution < 1.29 is 18.2 Å². The number of hydrogen-bond donors (Lipinski definition) is 1. The zero-order chi connectivity index (χ0) is 23.5. The maximum absolute atomic E-state index is 13.9. The monoisotopic (exact) mass is 453 g/mol. The maximum Gasteiger partial charge on any atom is 0.286 e. The highest BCUT2D eigenvalue weighted by atomic mass is 32.2. The number of halogens is 1. The summed E-state index contributed by atoms with van der Waals surface area (Å²) in [6.07, 6.45) is 4.25. The van der Waals surface area contributed by atoms with E-state index in [1.807, 2.05) is 6.92 Å². The van der Waals surface area contributed by atoms with Gasteiger partial charge in [-0.25, -0.2) is 13.6 Å².